The quantitative estimate of drug-likeness (QED) is 0.679. The molecule has 0 spiro atoms. The van der Waals surface area contributed by atoms with Crippen molar-refractivity contribution in [2.75, 3.05) is 13.1 Å². The predicted octanol–water partition coefficient (Wildman–Crippen LogP) is 1.63. The van der Waals surface area contributed by atoms with E-state index in [0.717, 1.165) is 25.7 Å². The van der Waals surface area contributed by atoms with Crippen LogP contribution in [0.4, 0.5) is 0 Å². The lowest BCUT2D eigenvalue weighted by molar-refractivity contribution is -0.122. The highest BCUT2D eigenvalue weighted by molar-refractivity contribution is 6.21. The molecule has 0 unspecified atom stereocenters. The second-order valence-electron chi connectivity index (χ2n) is 7.06. The molecule has 7 heteroatoms. The second-order valence-corrected chi connectivity index (χ2v) is 7.06. The number of nitrogens with one attached hydrogen (secondary N) is 2. The first-order valence-electron chi connectivity index (χ1n) is 9.57. The van der Waals surface area contributed by atoms with E-state index in [1.54, 1.807) is 24.3 Å². The van der Waals surface area contributed by atoms with Crippen LogP contribution in [0.15, 0.2) is 24.3 Å². The Balaban J connectivity index is 1.32. The Morgan fingerprint density at radius 3 is 2.22 bits per heavy atom. The minimum Gasteiger partial charge on any atom is -0.356 e. The fourth-order valence-corrected chi connectivity index (χ4v) is 3.61. The van der Waals surface area contributed by atoms with Crippen molar-refractivity contribution in [3.8, 4) is 0 Å². The van der Waals surface area contributed by atoms with Gasteiger partial charge in [-0.3, -0.25) is 24.1 Å². The summed E-state index contributed by atoms with van der Waals surface area (Å²) in [6.45, 7) is 0.506. The second kappa shape index (κ2) is 8.79. The summed E-state index contributed by atoms with van der Waals surface area (Å²) >= 11 is 0. The summed E-state index contributed by atoms with van der Waals surface area (Å²) in [5.41, 5.74) is 0.834. The molecule has 0 saturated heterocycles. The Bertz CT molecular complexity index is 705. The molecule has 1 aromatic carbocycles. The first-order chi connectivity index (χ1) is 13.1. The molecular weight excluding hydrogens is 346 g/mol. The average Bonchev–Trinajstić information content (AvgIpc) is 3.24. The van der Waals surface area contributed by atoms with Gasteiger partial charge in [0.05, 0.1) is 11.1 Å². The van der Waals surface area contributed by atoms with Gasteiger partial charge in [-0.15, -0.1) is 0 Å². The molecule has 7 nitrogen and oxygen atoms in total. The Morgan fingerprint density at radius 2 is 1.59 bits per heavy atom. The fraction of sp³-hybridized carbons (Fsp3) is 0.500. The zero-order valence-corrected chi connectivity index (χ0v) is 15.3. The number of carbonyl (C=O) groups is 4. The molecule has 0 atom stereocenters. The molecule has 0 radical (unpaired) electrons. The third-order valence-electron chi connectivity index (χ3n) is 5.06. The number of rotatable bonds is 8. The molecule has 1 aliphatic carbocycles. The fourth-order valence-electron chi connectivity index (χ4n) is 3.61. The van der Waals surface area contributed by atoms with Crippen molar-refractivity contribution < 1.29 is 19.2 Å². The van der Waals surface area contributed by atoms with E-state index in [0.29, 0.717) is 24.1 Å². The first-order valence-corrected chi connectivity index (χ1v) is 9.57. The van der Waals surface area contributed by atoms with Crippen molar-refractivity contribution in [2.24, 2.45) is 0 Å². The molecule has 0 aromatic heterocycles. The maximum Gasteiger partial charge on any atom is 0.261 e. The molecule has 1 aromatic rings. The predicted molar refractivity (Wildman–Crippen MR) is 99.1 cm³/mol. The van der Waals surface area contributed by atoms with Gasteiger partial charge in [-0.05, 0) is 31.4 Å². The van der Waals surface area contributed by atoms with E-state index in [1.807, 2.05) is 0 Å². The van der Waals surface area contributed by atoms with Crippen molar-refractivity contribution in [1.82, 2.24) is 15.5 Å². The average molecular weight is 371 g/mol. The molecule has 1 fully saturated rings. The third-order valence-corrected chi connectivity index (χ3v) is 5.06. The van der Waals surface area contributed by atoms with Gasteiger partial charge in [0, 0.05) is 32.0 Å². The van der Waals surface area contributed by atoms with E-state index in [1.165, 1.54) is 4.90 Å². The Morgan fingerprint density at radius 1 is 0.963 bits per heavy atom. The minimum atomic E-state index is -0.306. The van der Waals surface area contributed by atoms with Crippen LogP contribution in [0.3, 0.4) is 0 Å². The summed E-state index contributed by atoms with van der Waals surface area (Å²) in [6, 6.07) is 7.01. The van der Waals surface area contributed by atoms with Gasteiger partial charge in [0.2, 0.25) is 11.8 Å². The summed E-state index contributed by atoms with van der Waals surface area (Å²) in [4.78, 5) is 49.3. The van der Waals surface area contributed by atoms with Crippen LogP contribution >= 0.6 is 0 Å². The number of hydrogen-bond donors (Lipinski definition) is 2. The monoisotopic (exact) mass is 371 g/mol. The van der Waals surface area contributed by atoms with Crippen LogP contribution in [0.25, 0.3) is 0 Å². The molecular formula is C20H25N3O4. The summed E-state index contributed by atoms with van der Waals surface area (Å²) in [7, 11) is 0. The third kappa shape index (κ3) is 4.72. The van der Waals surface area contributed by atoms with Crippen molar-refractivity contribution >= 4 is 23.6 Å². The summed E-state index contributed by atoms with van der Waals surface area (Å²) in [6.07, 6.45) is 5.26. The van der Waals surface area contributed by atoms with Crippen LogP contribution in [0.1, 0.15) is 65.7 Å². The van der Waals surface area contributed by atoms with Crippen molar-refractivity contribution in [3.05, 3.63) is 35.4 Å². The minimum absolute atomic E-state index is 0.0341. The summed E-state index contributed by atoms with van der Waals surface area (Å²) in [5.74, 6) is -0.826. The summed E-state index contributed by atoms with van der Waals surface area (Å²) in [5, 5.41) is 5.69. The van der Waals surface area contributed by atoms with Crippen LogP contribution in [-0.4, -0.2) is 47.7 Å². The Hall–Kier alpha value is -2.70. The van der Waals surface area contributed by atoms with E-state index >= 15 is 0 Å². The number of carbonyl (C=O) groups excluding carboxylic acids is 4. The Kier molecular flexibility index (Phi) is 6.21. The van der Waals surface area contributed by atoms with Crippen LogP contribution in [-0.2, 0) is 9.59 Å². The zero-order valence-electron chi connectivity index (χ0n) is 15.3. The van der Waals surface area contributed by atoms with Crippen molar-refractivity contribution in [3.63, 3.8) is 0 Å². The first kappa shape index (κ1) is 19.1. The molecule has 2 aliphatic rings. The lowest BCUT2D eigenvalue weighted by Gasteiger charge is -2.14. The number of fused-ring (bicyclic) bond motifs is 1. The van der Waals surface area contributed by atoms with Gasteiger partial charge in [0.25, 0.3) is 11.8 Å². The van der Waals surface area contributed by atoms with Gasteiger partial charge in [0.15, 0.2) is 0 Å². The van der Waals surface area contributed by atoms with Gasteiger partial charge in [-0.2, -0.15) is 0 Å². The molecule has 0 bridgehead atoms. The highest BCUT2D eigenvalue weighted by atomic mass is 16.2. The number of benzene rings is 1. The SMILES string of the molecule is O=C(CCCN1C(=O)c2ccccc2C1=O)NCCC(=O)NC1CCCC1. The van der Waals surface area contributed by atoms with Crippen LogP contribution < -0.4 is 10.6 Å². The highest BCUT2D eigenvalue weighted by Gasteiger charge is 2.34. The molecule has 1 aliphatic heterocycles. The molecule has 2 N–H and O–H groups in total. The molecule has 144 valence electrons. The normalized spacial score (nSPS) is 16.5. The van der Waals surface area contributed by atoms with E-state index in [9.17, 15) is 19.2 Å². The van der Waals surface area contributed by atoms with Crippen molar-refractivity contribution in [2.45, 2.75) is 51.0 Å². The molecule has 27 heavy (non-hydrogen) atoms. The topological polar surface area (TPSA) is 95.6 Å². The van der Waals surface area contributed by atoms with Gasteiger partial charge in [-0.25, -0.2) is 0 Å². The molecule has 4 amide bonds. The zero-order chi connectivity index (χ0) is 19.2. The largest absolute Gasteiger partial charge is 0.356 e. The molecule has 1 heterocycles. The van der Waals surface area contributed by atoms with Crippen LogP contribution in [0.5, 0.6) is 0 Å². The maximum absolute atomic E-state index is 12.2. The van der Waals surface area contributed by atoms with Crippen LogP contribution in [0.2, 0.25) is 0 Å². The highest BCUT2D eigenvalue weighted by Crippen LogP contribution is 2.22. The van der Waals surface area contributed by atoms with Crippen LogP contribution in [0, 0.1) is 0 Å². The van der Waals surface area contributed by atoms with E-state index in [-0.39, 0.29) is 49.1 Å². The van der Waals surface area contributed by atoms with Gasteiger partial charge in [-0.1, -0.05) is 25.0 Å². The van der Waals surface area contributed by atoms with E-state index in [4.69, 9.17) is 0 Å². The lowest BCUT2D eigenvalue weighted by atomic mass is 10.1. The standard InChI is InChI=1S/C20H25N3O4/c24-17(21-12-11-18(25)22-14-6-1-2-7-14)10-5-13-23-19(26)15-8-3-4-9-16(15)20(23)27/h3-4,8-9,14H,1-2,5-7,10-13H2,(H,21,24)(H,22,25). The molecule has 3 rings (SSSR count). The summed E-state index contributed by atoms with van der Waals surface area (Å²) < 4.78 is 0. The van der Waals surface area contributed by atoms with Gasteiger partial charge < -0.3 is 10.6 Å². The number of hydrogen-bond acceptors (Lipinski definition) is 4. The lowest BCUT2D eigenvalue weighted by Crippen LogP contribution is -2.36. The maximum atomic E-state index is 12.2. The Labute approximate surface area is 158 Å². The number of amides is 4. The van der Waals surface area contributed by atoms with Crippen molar-refractivity contribution in [1.29, 1.82) is 0 Å². The van der Waals surface area contributed by atoms with Gasteiger partial charge in [0.1, 0.15) is 0 Å². The van der Waals surface area contributed by atoms with E-state index < -0.39 is 0 Å². The van der Waals surface area contributed by atoms with Gasteiger partial charge >= 0.3 is 0 Å². The number of nitrogens with zero attached hydrogens (tertiary/aromatic N) is 1. The number of imide groups is 1. The van der Waals surface area contributed by atoms with E-state index in [2.05, 4.69) is 10.6 Å². The molecule has 1 saturated carbocycles. The smallest absolute Gasteiger partial charge is 0.261 e.